The summed E-state index contributed by atoms with van der Waals surface area (Å²) in [6.45, 7) is 4.45. The second kappa shape index (κ2) is 6.53. The van der Waals surface area contributed by atoms with Crippen molar-refractivity contribution in [2.24, 2.45) is 0 Å². The minimum atomic E-state index is -0.910. The Balaban J connectivity index is 1.97. The van der Waals surface area contributed by atoms with Gasteiger partial charge in [-0.3, -0.25) is 4.90 Å². The highest BCUT2D eigenvalue weighted by atomic mass is 16.4. The van der Waals surface area contributed by atoms with Gasteiger partial charge in [-0.25, -0.2) is 4.79 Å². The standard InChI is InChI=1S/C16H21NO2/c1-2-15-4-3-11-17(15)12-14-7-5-13(6-8-14)9-10-16(18)19/h5-10,15H,2-4,11-12H2,1H3,(H,18,19). The highest BCUT2D eigenvalue weighted by Gasteiger charge is 2.22. The van der Waals surface area contributed by atoms with Gasteiger partial charge in [0.15, 0.2) is 0 Å². The van der Waals surface area contributed by atoms with E-state index in [-0.39, 0.29) is 0 Å². The van der Waals surface area contributed by atoms with Gasteiger partial charge in [0.1, 0.15) is 0 Å². The number of likely N-dealkylation sites (tertiary alicyclic amines) is 1. The molecule has 1 atom stereocenters. The second-order valence-electron chi connectivity index (χ2n) is 5.09. The molecule has 0 spiro atoms. The van der Waals surface area contributed by atoms with E-state index in [2.05, 4.69) is 24.0 Å². The van der Waals surface area contributed by atoms with Crippen molar-refractivity contribution in [2.45, 2.75) is 38.8 Å². The molecule has 1 aliphatic heterocycles. The molecule has 1 fully saturated rings. The topological polar surface area (TPSA) is 40.5 Å². The summed E-state index contributed by atoms with van der Waals surface area (Å²) in [5, 5.41) is 8.58. The Labute approximate surface area is 114 Å². The number of aliphatic carboxylic acids is 1. The molecule has 1 aromatic rings. The van der Waals surface area contributed by atoms with Gasteiger partial charge in [0.25, 0.3) is 0 Å². The Morgan fingerprint density at radius 2 is 2.16 bits per heavy atom. The molecule has 1 aliphatic rings. The Morgan fingerprint density at radius 1 is 1.42 bits per heavy atom. The van der Waals surface area contributed by atoms with Crippen molar-refractivity contribution < 1.29 is 9.90 Å². The molecule has 1 heterocycles. The number of hydrogen-bond donors (Lipinski definition) is 1. The summed E-state index contributed by atoms with van der Waals surface area (Å²) in [5.74, 6) is -0.910. The molecule has 0 saturated carbocycles. The zero-order valence-corrected chi connectivity index (χ0v) is 11.4. The van der Waals surface area contributed by atoms with Gasteiger partial charge in [-0.2, -0.15) is 0 Å². The molecule has 0 radical (unpaired) electrons. The van der Waals surface area contributed by atoms with E-state index in [0.29, 0.717) is 0 Å². The summed E-state index contributed by atoms with van der Waals surface area (Å²) in [6.07, 6.45) is 6.63. The maximum atomic E-state index is 10.4. The molecule has 1 aromatic carbocycles. The highest BCUT2D eigenvalue weighted by Crippen LogP contribution is 2.22. The lowest BCUT2D eigenvalue weighted by Crippen LogP contribution is -2.28. The molecule has 19 heavy (non-hydrogen) atoms. The van der Waals surface area contributed by atoms with Crippen LogP contribution in [0.5, 0.6) is 0 Å². The molecule has 1 unspecified atom stereocenters. The van der Waals surface area contributed by atoms with Gasteiger partial charge in [0, 0.05) is 18.7 Å². The summed E-state index contributed by atoms with van der Waals surface area (Å²) in [5.41, 5.74) is 2.23. The van der Waals surface area contributed by atoms with Crippen LogP contribution < -0.4 is 0 Å². The third-order valence-corrected chi connectivity index (χ3v) is 3.75. The van der Waals surface area contributed by atoms with Gasteiger partial charge in [0.2, 0.25) is 0 Å². The molecule has 0 aliphatic carbocycles. The van der Waals surface area contributed by atoms with Crippen LogP contribution in [0, 0.1) is 0 Å². The smallest absolute Gasteiger partial charge is 0.328 e. The van der Waals surface area contributed by atoms with E-state index in [1.54, 1.807) is 6.08 Å². The quantitative estimate of drug-likeness (QED) is 0.826. The molecule has 3 nitrogen and oxygen atoms in total. The van der Waals surface area contributed by atoms with Crippen molar-refractivity contribution >= 4 is 12.0 Å². The maximum absolute atomic E-state index is 10.4. The average Bonchev–Trinajstić information content (AvgIpc) is 2.85. The lowest BCUT2D eigenvalue weighted by molar-refractivity contribution is -0.131. The zero-order chi connectivity index (χ0) is 13.7. The van der Waals surface area contributed by atoms with Crippen molar-refractivity contribution in [3.05, 3.63) is 41.5 Å². The summed E-state index contributed by atoms with van der Waals surface area (Å²) < 4.78 is 0. The first-order valence-corrected chi connectivity index (χ1v) is 6.93. The minimum absolute atomic E-state index is 0.728. The Hall–Kier alpha value is -1.61. The van der Waals surface area contributed by atoms with Crippen molar-refractivity contribution in [3.8, 4) is 0 Å². The molecule has 0 bridgehead atoms. The van der Waals surface area contributed by atoms with Crippen molar-refractivity contribution in [2.75, 3.05) is 6.54 Å². The molecular formula is C16H21NO2. The molecule has 1 N–H and O–H groups in total. The number of hydrogen-bond acceptors (Lipinski definition) is 2. The maximum Gasteiger partial charge on any atom is 0.328 e. The van der Waals surface area contributed by atoms with Crippen LogP contribution in [0.15, 0.2) is 30.3 Å². The minimum Gasteiger partial charge on any atom is -0.478 e. The van der Waals surface area contributed by atoms with Gasteiger partial charge in [-0.05, 0) is 43.0 Å². The van der Waals surface area contributed by atoms with Crippen molar-refractivity contribution in [3.63, 3.8) is 0 Å². The predicted molar refractivity (Wildman–Crippen MR) is 76.8 cm³/mol. The van der Waals surface area contributed by atoms with Crippen LogP contribution in [-0.4, -0.2) is 28.6 Å². The van der Waals surface area contributed by atoms with Gasteiger partial charge in [0.05, 0.1) is 0 Å². The van der Waals surface area contributed by atoms with Gasteiger partial charge >= 0.3 is 5.97 Å². The van der Waals surface area contributed by atoms with E-state index >= 15 is 0 Å². The molecule has 3 heteroatoms. The number of carboxylic acid groups (broad SMARTS) is 1. The number of rotatable bonds is 5. The lowest BCUT2D eigenvalue weighted by Gasteiger charge is -2.23. The van der Waals surface area contributed by atoms with E-state index < -0.39 is 5.97 Å². The van der Waals surface area contributed by atoms with Crippen LogP contribution in [0.4, 0.5) is 0 Å². The molecule has 0 amide bonds. The first kappa shape index (κ1) is 13.8. The highest BCUT2D eigenvalue weighted by molar-refractivity contribution is 5.85. The van der Waals surface area contributed by atoms with E-state index in [9.17, 15) is 4.79 Å². The van der Waals surface area contributed by atoms with Crippen LogP contribution in [0.1, 0.15) is 37.3 Å². The summed E-state index contributed by atoms with van der Waals surface area (Å²) >= 11 is 0. The van der Waals surface area contributed by atoms with Crippen LogP contribution in [0.25, 0.3) is 6.08 Å². The van der Waals surface area contributed by atoms with Gasteiger partial charge < -0.3 is 5.11 Å². The van der Waals surface area contributed by atoms with Crippen LogP contribution in [0.3, 0.4) is 0 Å². The van der Waals surface area contributed by atoms with Crippen molar-refractivity contribution in [1.82, 2.24) is 4.90 Å². The SMILES string of the molecule is CCC1CCCN1Cc1ccc(C=CC(=O)O)cc1. The number of carbonyl (C=O) groups is 1. The first-order chi connectivity index (χ1) is 9.19. The normalized spacial score (nSPS) is 20.2. The second-order valence-corrected chi connectivity index (χ2v) is 5.09. The summed E-state index contributed by atoms with van der Waals surface area (Å²) in [7, 11) is 0. The van der Waals surface area contributed by atoms with E-state index in [0.717, 1.165) is 18.2 Å². The third kappa shape index (κ3) is 3.93. The Bertz CT molecular complexity index is 450. The number of nitrogens with zero attached hydrogens (tertiary/aromatic N) is 1. The van der Waals surface area contributed by atoms with E-state index in [1.807, 2.05) is 12.1 Å². The fourth-order valence-corrected chi connectivity index (χ4v) is 2.70. The fraction of sp³-hybridized carbons (Fsp3) is 0.438. The third-order valence-electron chi connectivity index (χ3n) is 3.75. The predicted octanol–water partition coefficient (Wildman–Crippen LogP) is 3.16. The molecule has 2 rings (SSSR count). The largest absolute Gasteiger partial charge is 0.478 e. The number of carboxylic acids is 1. The molecule has 102 valence electrons. The average molecular weight is 259 g/mol. The van der Waals surface area contributed by atoms with Crippen molar-refractivity contribution in [1.29, 1.82) is 0 Å². The fourth-order valence-electron chi connectivity index (χ4n) is 2.70. The molecule has 1 saturated heterocycles. The first-order valence-electron chi connectivity index (χ1n) is 6.93. The Morgan fingerprint density at radius 3 is 2.79 bits per heavy atom. The lowest BCUT2D eigenvalue weighted by atomic mass is 10.1. The zero-order valence-electron chi connectivity index (χ0n) is 11.4. The summed E-state index contributed by atoms with van der Waals surface area (Å²) in [4.78, 5) is 13.0. The monoisotopic (exact) mass is 259 g/mol. The van der Waals surface area contributed by atoms with E-state index in [4.69, 9.17) is 5.11 Å². The van der Waals surface area contributed by atoms with Gasteiger partial charge in [-0.15, -0.1) is 0 Å². The van der Waals surface area contributed by atoms with E-state index in [1.165, 1.54) is 37.4 Å². The number of benzene rings is 1. The van der Waals surface area contributed by atoms with Crippen LogP contribution in [0.2, 0.25) is 0 Å². The summed E-state index contributed by atoms with van der Waals surface area (Å²) in [6, 6.07) is 8.86. The molecule has 0 aromatic heterocycles. The van der Waals surface area contributed by atoms with Crippen LogP contribution >= 0.6 is 0 Å². The molecular weight excluding hydrogens is 238 g/mol. The van der Waals surface area contributed by atoms with Crippen LogP contribution in [-0.2, 0) is 11.3 Å². The Kier molecular flexibility index (Phi) is 4.74. The van der Waals surface area contributed by atoms with Gasteiger partial charge in [-0.1, -0.05) is 31.2 Å².